The lowest BCUT2D eigenvalue weighted by Crippen LogP contribution is -2.49. The molecule has 1 aliphatic heterocycles. The summed E-state index contributed by atoms with van der Waals surface area (Å²) in [4.78, 5) is 4.32. The Kier molecular flexibility index (Phi) is 6.70. The Morgan fingerprint density at radius 3 is 2.39 bits per heavy atom. The number of alkyl halides is 3. The number of rotatable bonds is 4. The average molecular weight is 405 g/mol. The number of piperazine rings is 1. The average Bonchev–Trinajstić information content (AvgIpc) is 2.69. The third kappa shape index (κ3) is 5.81. The van der Waals surface area contributed by atoms with Crippen LogP contribution in [0.2, 0.25) is 0 Å². The lowest BCUT2D eigenvalue weighted by molar-refractivity contribution is -0.137. The van der Waals surface area contributed by atoms with Gasteiger partial charge in [-0.15, -0.1) is 0 Å². The molecular weight excluding hydrogens is 383 g/mol. The van der Waals surface area contributed by atoms with Gasteiger partial charge < -0.3 is 10.2 Å². The van der Waals surface area contributed by atoms with Crippen molar-refractivity contribution in [1.82, 2.24) is 9.80 Å². The highest BCUT2D eigenvalue weighted by molar-refractivity contribution is 7.80. The van der Waals surface area contributed by atoms with Gasteiger partial charge in [0.2, 0.25) is 0 Å². The Labute approximate surface area is 168 Å². The van der Waals surface area contributed by atoms with Crippen LogP contribution in [0.25, 0.3) is 6.08 Å². The number of anilines is 1. The Hall–Kier alpha value is -2.38. The Bertz CT molecular complexity index is 813. The van der Waals surface area contributed by atoms with E-state index in [9.17, 15) is 13.2 Å². The molecule has 0 bridgehead atoms. The van der Waals surface area contributed by atoms with Crippen LogP contribution in [-0.4, -0.2) is 47.6 Å². The van der Waals surface area contributed by atoms with Crippen molar-refractivity contribution in [1.29, 1.82) is 0 Å². The summed E-state index contributed by atoms with van der Waals surface area (Å²) in [6.45, 7) is 4.04. The Balaban J connectivity index is 1.47. The molecule has 1 saturated heterocycles. The number of benzene rings is 2. The molecule has 0 amide bonds. The SMILES string of the molecule is FC(F)(F)c1cccc(NC(=S)N2CCN(CC=Cc3ccccc3)CC2)c1. The molecule has 2 aromatic rings. The van der Waals surface area contributed by atoms with Crippen LogP contribution in [0.15, 0.2) is 60.7 Å². The molecule has 0 radical (unpaired) electrons. The first-order chi connectivity index (χ1) is 13.4. The number of nitrogens with zero attached hydrogens (tertiary/aromatic N) is 2. The van der Waals surface area contributed by atoms with Gasteiger partial charge in [0.15, 0.2) is 5.11 Å². The standard InChI is InChI=1S/C21H22F3N3S/c22-21(23,24)18-9-4-10-19(16-18)25-20(28)27-14-12-26(13-15-27)11-5-8-17-6-2-1-3-7-17/h1-10,16H,11-15H2,(H,25,28). The van der Waals surface area contributed by atoms with Gasteiger partial charge in [-0.3, -0.25) is 4.90 Å². The van der Waals surface area contributed by atoms with Crippen LogP contribution in [0, 0.1) is 0 Å². The fourth-order valence-electron chi connectivity index (χ4n) is 3.01. The number of halogens is 3. The van der Waals surface area contributed by atoms with Gasteiger partial charge in [-0.1, -0.05) is 48.6 Å². The van der Waals surface area contributed by atoms with Gasteiger partial charge in [-0.2, -0.15) is 13.2 Å². The third-order valence-corrected chi connectivity index (χ3v) is 4.93. The summed E-state index contributed by atoms with van der Waals surface area (Å²) in [7, 11) is 0. The Morgan fingerprint density at radius 1 is 1.00 bits per heavy atom. The monoisotopic (exact) mass is 405 g/mol. The minimum Gasteiger partial charge on any atom is -0.346 e. The first kappa shape index (κ1) is 20.4. The van der Waals surface area contributed by atoms with Crippen molar-refractivity contribution >= 4 is 29.1 Å². The van der Waals surface area contributed by atoms with Crippen molar-refractivity contribution in [3.63, 3.8) is 0 Å². The second kappa shape index (κ2) is 9.21. The van der Waals surface area contributed by atoms with Crippen LogP contribution < -0.4 is 5.32 Å². The smallest absolute Gasteiger partial charge is 0.346 e. The second-order valence-electron chi connectivity index (χ2n) is 6.61. The minimum atomic E-state index is -4.36. The maximum absolute atomic E-state index is 12.8. The summed E-state index contributed by atoms with van der Waals surface area (Å²) in [6.07, 6.45) is -0.116. The Morgan fingerprint density at radius 2 is 1.71 bits per heavy atom. The van der Waals surface area contributed by atoms with Gasteiger partial charge in [0.1, 0.15) is 0 Å². The first-order valence-electron chi connectivity index (χ1n) is 9.09. The summed E-state index contributed by atoms with van der Waals surface area (Å²) in [5.41, 5.74) is 0.843. The molecule has 3 rings (SSSR count). The van der Waals surface area contributed by atoms with Gasteiger partial charge in [-0.25, -0.2) is 0 Å². The maximum Gasteiger partial charge on any atom is 0.416 e. The number of hydrogen-bond acceptors (Lipinski definition) is 2. The van der Waals surface area contributed by atoms with Crippen molar-refractivity contribution < 1.29 is 13.2 Å². The first-order valence-corrected chi connectivity index (χ1v) is 9.50. The fourth-order valence-corrected chi connectivity index (χ4v) is 3.31. The predicted octanol–water partition coefficient (Wildman–Crippen LogP) is 4.73. The topological polar surface area (TPSA) is 18.5 Å². The molecule has 1 fully saturated rings. The molecule has 3 nitrogen and oxygen atoms in total. The second-order valence-corrected chi connectivity index (χ2v) is 7.00. The summed E-state index contributed by atoms with van der Waals surface area (Å²) in [5, 5.41) is 3.39. The zero-order valence-corrected chi connectivity index (χ0v) is 16.1. The van der Waals surface area contributed by atoms with Crippen LogP contribution in [0.3, 0.4) is 0 Å². The van der Waals surface area contributed by atoms with E-state index in [1.165, 1.54) is 11.6 Å². The van der Waals surface area contributed by atoms with Crippen LogP contribution in [0.4, 0.5) is 18.9 Å². The van der Waals surface area contributed by atoms with E-state index in [4.69, 9.17) is 12.2 Å². The quantitative estimate of drug-likeness (QED) is 0.741. The van der Waals surface area contributed by atoms with Gasteiger partial charge in [0, 0.05) is 38.4 Å². The van der Waals surface area contributed by atoms with Crippen molar-refractivity contribution in [3.05, 3.63) is 71.8 Å². The fraction of sp³-hybridized carbons (Fsp3) is 0.286. The summed E-state index contributed by atoms with van der Waals surface area (Å²) >= 11 is 5.38. The molecule has 0 saturated carbocycles. The van der Waals surface area contributed by atoms with E-state index in [0.717, 1.165) is 44.9 Å². The number of nitrogens with one attached hydrogen (secondary N) is 1. The van der Waals surface area contributed by atoms with Crippen LogP contribution >= 0.6 is 12.2 Å². The highest BCUT2D eigenvalue weighted by Crippen LogP contribution is 2.30. The van der Waals surface area contributed by atoms with Crippen molar-refractivity contribution in [2.45, 2.75) is 6.18 Å². The van der Waals surface area contributed by atoms with E-state index in [1.54, 1.807) is 6.07 Å². The van der Waals surface area contributed by atoms with Crippen LogP contribution in [0.5, 0.6) is 0 Å². The molecule has 148 valence electrons. The van der Waals surface area contributed by atoms with Gasteiger partial charge in [0.25, 0.3) is 0 Å². The predicted molar refractivity (Wildman–Crippen MR) is 111 cm³/mol. The van der Waals surface area contributed by atoms with E-state index in [2.05, 4.69) is 34.5 Å². The lowest BCUT2D eigenvalue weighted by Gasteiger charge is -2.35. The molecule has 0 unspecified atom stereocenters. The molecule has 0 spiro atoms. The normalized spacial score (nSPS) is 15.8. The van der Waals surface area contributed by atoms with E-state index < -0.39 is 11.7 Å². The van der Waals surface area contributed by atoms with E-state index in [0.29, 0.717) is 10.8 Å². The van der Waals surface area contributed by atoms with Crippen molar-refractivity contribution in [2.75, 3.05) is 38.0 Å². The van der Waals surface area contributed by atoms with Crippen LogP contribution in [0.1, 0.15) is 11.1 Å². The van der Waals surface area contributed by atoms with E-state index >= 15 is 0 Å². The lowest BCUT2D eigenvalue weighted by atomic mass is 10.2. The van der Waals surface area contributed by atoms with Gasteiger partial charge in [-0.05, 0) is 36.0 Å². The molecule has 28 heavy (non-hydrogen) atoms. The largest absolute Gasteiger partial charge is 0.416 e. The molecule has 2 aromatic carbocycles. The van der Waals surface area contributed by atoms with E-state index in [-0.39, 0.29) is 0 Å². The molecule has 0 atom stereocenters. The summed E-state index contributed by atoms with van der Waals surface area (Å²) < 4.78 is 38.5. The molecule has 1 N–H and O–H groups in total. The molecule has 0 aromatic heterocycles. The zero-order valence-electron chi connectivity index (χ0n) is 15.3. The van der Waals surface area contributed by atoms with Crippen LogP contribution in [-0.2, 0) is 6.18 Å². The molecular formula is C21H22F3N3S. The summed E-state index contributed by atoms with van der Waals surface area (Å²) in [5.74, 6) is 0. The van der Waals surface area contributed by atoms with Crippen molar-refractivity contribution in [2.24, 2.45) is 0 Å². The molecule has 0 aliphatic carbocycles. The molecule has 7 heteroatoms. The third-order valence-electron chi connectivity index (χ3n) is 4.57. The maximum atomic E-state index is 12.8. The number of thiocarbonyl (C=S) groups is 1. The highest BCUT2D eigenvalue weighted by atomic mass is 32.1. The zero-order chi connectivity index (χ0) is 20.0. The molecule has 1 aliphatic rings. The van der Waals surface area contributed by atoms with Crippen molar-refractivity contribution in [3.8, 4) is 0 Å². The molecule has 1 heterocycles. The van der Waals surface area contributed by atoms with Gasteiger partial charge >= 0.3 is 6.18 Å². The van der Waals surface area contributed by atoms with Gasteiger partial charge in [0.05, 0.1) is 5.56 Å². The minimum absolute atomic E-state index is 0.355. The van der Waals surface area contributed by atoms with E-state index in [1.807, 2.05) is 23.1 Å². The summed E-state index contributed by atoms with van der Waals surface area (Å²) in [6, 6.07) is 15.2. The number of hydrogen-bond donors (Lipinski definition) is 1. The highest BCUT2D eigenvalue weighted by Gasteiger charge is 2.30.